The fourth-order valence-corrected chi connectivity index (χ4v) is 3.62. The molecule has 2 heterocycles. The van der Waals surface area contributed by atoms with Gasteiger partial charge in [-0.25, -0.2) is 13.4 Å². The Balaban J connectivity index is 1.98. The van der Waals surface area contributed by atoms with Crippen LogP contribution in [0.5, 0.6) is 0 Å². The number of nitrogens with zero attached hydrogens (tertiary/aromatic N) is 1. The molecule has 0 spiro atoms. The van der Waals surface area contributed by atoms with Crippen LogP contribution in [0.25, 0.3) is 0 Å². The lowest BCUT2D eigenvalue weighted by molar-refractivity contribution is 0.591. The molecule has 0 radical (unpaired) electrons. The summed E-state index contributed by atoms with van der Waals surface area (Å²) in [5.74, 6) is 1.37. The highest BCUT2D eigenvalue weighted by molar-refractivity contribution is 7.92. The first-order valence-corrected chi connectivity index (χ1v) is 6.97. The van der Waals surface area contributed by atoms with Crippen molar-refractivity contribution in [3.8, 4) is 0 Å². The molecule has 1 aliphatic heterocycles. The smallest absolute Gasteiger partial charge is 0.154 e. The van der Waals surface area contributed by atoms with E-state index < -0.39 is 9.84 Å². The van der Waals surface area contributed by atoms with Gasteiger partial charge in [0, 0.05) is 6.54 Å². The molecule has 1 aliphatic rings. The van der Waals surface area contributed by atoms with Crippen LogP contribution in [0.1, 0.15) is 12.8 Å². The molecule has 1 saturated heterocycles. The second kappa shape index (κ2) is 4.29. The number of hydrogen-bond donors (Lipinski definition) is 2. The Hall–Kier alpha value is -1.30. The van der Waals surface area contributed by atoms with Gasteiger partial charge in [-0.15, -0.1) is 0 Å². The van der Waals surface area contributed by atoms with E-state index in [1.807, 2.05) is 0 Å². The van der Waals surface area contributed by atoms with Gasteiger partial charge in [0.05, 0.1) is 11.0 Å². The first kappa shape index (κ1) is 11.2. The normalized spacial score (nSPS) is 23.1. The standard InChI is InChI=1S/C10H15N3O2S/c11-9-4-1-5-10(13-9)12-7-8-3-2-6-16(8,14)15/h1,4-5,8H,2-3,6-7H2,(H3,11,12,13). The third-order valence-electron chi connectivity index (χ3n) is 2.74. The second-order valence-electron chi connectivity index (χ2n) is 3.96. The van der Waals surface area contributed by atoms with Crippen LogP contribution < -0.4 is 11.1 Å². The summed E-state index contributed by atoms with van der Waals surface area (Å²) in [6.45, 7) is 0.415. The Kier molecular flexibility index (Phi) is 3.00. The fourth-order valence-electron chi connectivity index (χ4n) is 1.86. The molecule has 2 rings (SSSR count). The Morgan fingerprint density at radius 2 is 2.31 bits per heavy atom. The summed E-state index contributed by atoms with van der Waals surface area (Å²) >= 11 is 0. The number of pyridine rings is 1. The highest BCUT2D eigenvalue weighted by Gasteiger charge is 2.30. The minimum absolute atomic E-state index is 0.282. The summed E-state index contributed by atoms with van der Waals surface area (Å²) in [7, 11) is -2.89. The van der Waals surface area contributed by atoms with Crippen LogP contribution in [0.3, 0.4) is 0 Å². The van der Waals surface area contributed by atoms with E-state index in [0.29, 0.717) is 23.9 Å². The number of hydrogen-bond acceptors (Lipinski definition) is 5. The fraction of sp³-hybridized carbons (Fsp3) is 0.500. The van der Waals surface area contributed by atoms with Crippen molar-refractivity contribution < 1.29 is 8.42 Å². The van der Waals surface area contributed by atoms with Gasteiger partial charge in [0.25, 0.3) is 0 Å². The summed E-state index contributed by atoms with van der Waals surface area (Å²) in [6, 6.07) is 5.25. The van der Waals surface area contributed by atoms with E-state index in [9.17, 15) is 8.42 Å². The summed E-state index contributed by atoms with van der Waals surface area (Å²) in [5.41, 5.74) is 5.53. The molecular weight excluding hydrogens is 226 g/mol. The van der Waals surface area contributed by atoms with Gasteiger partial charge in [-0.1, -0.05) is 6.07 Å². The molecule has 0 aromatic carbocycles. The SMILES string of the molecule is Nc1cccc(NCC2CCCS2(=O)=O)n1. The van der Waals surface area contributed by atoms with E-state index in [1.54, 1.807) is 18.2 Å². The number of nitrogens with one attached hydrogen (secondary N) is 1. The molecule has 1 aromatic heterocycles. The predicted octanol–water partition coefficient (Wildman–Crippen LogP) is 0.653. The van der Waals surface area contributed by atoms with Crippen molar-refractivity contribution in [1.82, 2.24) is 4.98 Å². The van der Waals surface area contributed by atoms with Crippen LogP contribution in [0, 0.1) is 0 Å². The minimum Gasteiger partial charge on any atom is -0.384 e. The lowest BCUT2D eigenvalue weighted by Gasteiger charge is -2.11. The lowest BCUT2D eigenvalue weighted by atomic mass is 10.2. The average Bonchev–Trinajstić information content (AvgIpc) is 2.55. The van der Waals surface area contributed by atoms with Gasteiger partial charge in [0.2, 0.25) is 0 Å². The number of rotatable bonds is 3. The quantitative estimate of drug-likeness (QED) is 0.811. The minimum atomic E-state index is -2.89. The number of sulfone groups is 1. The second-order valence-corrected chi connectivity index (χ2v) is 6.36. The summed E-state index contributed by atoms with van der Waals surface area (Å²) in [6.07, 6.45) is 1.50. The van der Waals surface area contributed by atoms with Crippen molar-refractivity contribution in [2.75, 3.05) is 23.3 Å². The van der Waals surface area contributed by atoms with Crippen molar-refractivity contribution >= 4 is 21.5 Å². The molecule has 0 aliphatic carbocycles. The number of nitrogen functional groups attached to an aromatic ring is 1. The third kappa shape index (κ3) is 2.44. The largest absolute Gasteiger partial charge is 0.384 e. The Morgan fingerprint density at radius 1 is 1.50 bits per heavy atom. The zero-order valence-electron chi connectivity index (χ0n) is 8.89. The number of aromatic nitrogens is 1. The molecule has 1 aromatic rings. The van der Waals surface area contributed by atoms with Crippen LogP contribution in [0.4, 0.5) is 11.6 Å². The highest BCUT2D eigenvalue weighted by Crippen LogP contribution is 2.20. The van der Waals surface area contributed by atoms with Crippen LogP contribution in [0.15, 0.2) is 18.2 Å². The van der Waals surface area contributed by atoms with Gasteiger partial charge in [0.15, 0.2) is 9.84 Å². The number of anilines is 2. The molecule has 1 unspecified atom stereocenters. The van der Waals surface area contributed by atoms with E-state index in [1.165, 1.54) is 0 Å². The van der Waals surface area contributed by atoms with Crippen molar-refractivity contribution in [3.05, 3.63) is 18.2 Å². The molecule has 1 fully saturated rings. The maximum Gasteiger partial charge on any atom is 0.154 e. The van der Waals surface area contributed by atoms with Crippen LogP contribution in [-0.2, 0) is 9.84 Å². The Bertz CT molecular complexity index is 473. The topological polar surface area (TPSA) is 85.1 Å². The molecule has 1 atom stereocenters. The van der Waals surface area contributed by atoms with Gasteiger partial charge in [-0.05, 0) is 25.0 Å². The predicted molar refractivity (Wildman–Crippen MR) is 63.9 cm³/mol. The van der Waals surface area contributed by atoms with Crippen molar-refractivity contribution in [2.24, 2.45) is 0 Å². The Morgan fingerprint density at radius 3 is 2.94 bits per heavy atom. The maximum atomic E-state index is 11.6. The molecule has 16 heavy (non-hydrogen) atoms. The van der Waals surface area contributed by atoms with Crippen molar-refractivity contribution in [1.29, 1.82) is 0 Å². The van der Waals surface area contributed by atoms with E-state index in [2.05, 4.69) is 10.3 Å². The summed E-state index contributed by atoms with van der Waals surface area (Å²) < 4.78 is 23.1. The molecule has 0 saturated carbocycles. The first-order chi connectivity index (χ1) is 7.58. The molecule has 0 bridgehead atoms. The zero-order valence-corrected chi connectivity index (χ0v) is 9.70. The van der Waals surface area contributed by atoms with E-state index in [0.717, 1.165) is 12.8 Å². The van der Waals surface area contributed by atoms with Gasteiger partial charge < -0.3 is 11.1 Å². The van der Waals surface area contributed by atoms with Gasteiger partial charge in [-0.3, -0.25) is 0 Å². The lowest BCUT2D eigenvalue weighted by Crippen LogP contribution is -2.25. The number of nitrogens with two attached hydrogens (primary N) is 1. The molecule has 3 N–H and O–H groups in total. The zero-order chi connectivity index (χ0) is 11.6. The van der Waals surface area contributed by atoms with Crippen LogP contribution in [-0.4, -0.2) is 30.9 Å². The Labute approximate surface area is 95.0 Å². The maximum absolute atomic E-state index is 11.6. The van der Waals surface area contributed by atoms with E-state index >= 15 is 0 Å². The summed E-state index contributed by atoms with van der Waals surface area (Å²) in [5, 5.41) is 2.73. The highest BCUT2D eigenvalue weighted by atomic mass is 32.2. The van der Waals surface area contributed by atoms with Crippen LogP contribution in [0.2, 0.25) is 0 Å². The van der Waals surface area contributed by atoms with Gasteiger partial charge in [0.1, 0.15) is 11.6 Å². The monoisotopic (exact) mass is 241 g/mol. The van der Waals surface area contributed by atoms with Gasteiger partial charge in [-0.2, -0.15) is 0 Å². The van der Waals surface area contributed by atoms with Gasteiger partial charge >= 0.3 is 0 Å². The van der Waals surface area contributed by atoms with Crippen LogP contribution >= 0.6 is 0 Å². The molecule has 0 amide bonds. The molecule has 6 heteroatoms. The molecule has 88 valence electrons. The average molecular weight is 241 g/mol. The first-order valence-electron chi connectivity index (χ1n) is 5.26. The summed E-state index contributed by atoms with van der Waals surface area (Å²) in [4.78, 5) is 4.05. The molecule has 5 nitrogen and oxygen atoms in total. The molecular formula is C10H15N3O2S. The van der Waals surface area contributed by atoms with Crippen molar-refractivity contribution in [3.63, 3.8) is 0 Å². The van der Waals surface area contributed by atoms with E-state index in [-0.39, 0.29) is 5.25 Å². The van der Waals surface area contributed by atoms with E-state index in [4.69, 9.17) is 5.73 Å². The third-order valence-corrected chi connectivity index (χ3v) is 5.02. The van der Waals surface area contributed by atoms with Crippen molar-refractivity contribution in [2.45, 2.75) is 18.1 Å².